The van der Waals surface area contributed by atoms with E-state index < -0.39 is 12.0 Å². The monoisotopic (exact) mass is 346 g/mol. The molecule has 1 aromatic carbocycles. The molecule has 0 aliphatic carbocycles. The van der Waals surface area contributed by atoms with Crippen LogP contribution in [0, 0.1) is 0 Å². The summed E-state index contributed by atoms with van der Waals surface area (Å²) in [5.41, 5.74) is 0.983. The molecule has 7 nitrogen and oxygen atoms in total. The van der Waals surface area contributed by atoms with Crippen molar-refractivity contribution >= 4 is 23.3 Å². The van der Waals surface area contributed by atoms with Crippen molar-refractivity contribution in [3.63, 3.8) is 0 Å². The van der Waals surface area contributed by atoms with Gasteiger partial charge in [-0.1, -0.05) is 18.2 Å². The van der Waals surface area contributed by atoms with Crippen molar-refractivity contribution in [2.75, 3.05) is 38.7 Å². The zero-order valence-corrected chi connectivity index (χ0v) is 15.1. The van der Waals surface area contributed by atoms with E-state index >= 15 is 0 Å². The van der Waals surface area contributed by atoms with E-state index in [1.54, 1.807) is 17.0 Å². The van der Waals surface area contributed by atoms with Gasteiger partial charge < -0.3 is 14.9 Å². The SMILES string of the molecule is CCN(CCCN(C)C)C(=O)C1=NN(c2ccccc2)C(C(=O)O)C1. The summed E-state index contributed by atoms with van der Waals surface area (Å²) in [4.78, 5) is 28.2. The first-order chi connectivity index (χ1) is 11.9. The lowest BCUT2D eigenvalue weighted by molar-refractivity contribution is -0.138. The molecule has 7 heteroatoms. The minimum atomic E-state index is -0.981. The number of hydrogen-bond donors (Lipinski definition) is 1. The van der Waals surface area contributed by atoms with E-state index in [-0.39, 0.29) is 12.3 Å². The van der Waals surface area contributed by atoms with Gasteiger partial charge in [0.2, 0.25) is 0 Å². The van der Waals surface area contributed by atoms with Gasteiger partial charge in [0.05, 0.1) is 5.69 Å². The van der Waals surface area contributed by atoms with E-state index in [9.17, 15) is 14.7 Å². The summed E-state index contributed by atoms with van der Waals surface area (Å²) in [6.45, 7) is 4.03. The highest BCUT2D eigenvalue weighted by Crippen LogP contribution is 2.25. The quantitative estimate of drug-likeness (QED) is 0.772. The number of nitrogens with zero attached hydrogens (tertiary/aromatic N) is 4. The molecule has 1 amide bonds. The number of hydrogen-bond acceptors (Lipinski definition) is 5. The summed E-state index contributed by atoms with van der Waals surface area (Å²) in [5.74, 6) is -1.16. The second-order valence-corrected chi connectivity index (χ2v) is 6.33. The van der Waals surface area contributed by atoms with Gasteiger partial charge in [0.1, 0.15) is 5.71 Å². The van der Waals surface area contributed by atoms with Gasteiger partial charge in [-0.3, -0.25) is 9.80 Å². The Labute approximate surface area is 148 Å². The number of benzene rings is 1. The Bertz CT molecular complexity index is 630. The van der Waals surface area contributed by atoms with Crippen molar-refractivity contribution in [1.82, 2.24) is 9.80 Å². The zero-order chi connectivity index (χ0) is 18.4. The largest absolute Gasteiger partial charge is 0.480 e. The Morgan fingerprint density at radius 2 is 1.92 bits per heavy atom. The first-order valence-corrected chi connectivity index (χ1v) is 8.52. The Kier molecular flexibility index (Phi) is 6.52. The Hall–Kier alpha value is -2.41. The summed E-state index contributed by atoms with van der Waals surface area (Å²) in [5, 5.41) is 15.3. The molecule has 0 spiro atoms. The normalized spacial score (nSPS) is 16.9. The molecule has 0 radical (unpaired) electrons. The number of carbonyl (C=O) groups excluding carboxylic acids is 1. The van der Waals surface area contributed by atoms with Gasteiger partial charge in [0.25, 0.3) is 5.91 Å². The van der Waals surface area contributed by atoms with E-state index in [0.717, 1.165) is 13.0 Å². The first-order valence-electron chi connectivity index (χ1n) is 8.52. The number of rotatable bonds is 8. The predicted octanol–water partition coefficient (Wildman–Crippen LogP) is 1.51. The average molecular weight is 346 g/mol. The first kappa shape index (κ1) is 18.9. The molecular formula is C18H26N4O3. The van der Waals surface area contributed by atoms with Crippen LogP contribution in [0.25, 0.3) is 0 Å². The minimum absolute atomic E-state index is 0.118. The van der Waals surface area contributed by atoms with Crippen LogP contribution in [-0.2, 0) is 9.59 Å². The summed E-state index contributed by atoms with van der Waals surface area (Å²) < 4.78 is 0. The third-order valence-corrected chi connectivity index (χ3v) is 4.17. The third kappa shape index (κ3) is 4.79. The molecule has 1 N–H and O–H groups in total. The van der Waals surface area contributed by atoms with Crippen LogP contribution in [0.3, 0.4) is 0 Å². The fraction of sp³-hybridized carbons (Fsp3) is 0.500. The number of para-hydroxylation sites is 1. The lowest BCUT2D eigenvalue weighted by atomic mass is 10.1. The molecule has 0 fully saturated rings. The molecule has 1 unspecified atom stereocenters. The molecule has 2 rings (SSSR count). The molecule has 1 heterocycles. The van der Waals surface area contributed by atoms with Crippen molar-refractivity contribution < 1.29 is 14.7 Å². The van der Waals surface area contributed by atoms with Crippen molar-refractivity contribution in [2.45, 2.75) is 25.8 Å². The maximum absolute atomic E-state index is 12.8. The average Bonchev–Trinajstić information content (AvgIpc) is 3.04. The molecule has 0 aromatic heterocycles. The number of carboxylic acid groups (broad SMARTS) is 1. The van der Waals surface area contributed by atoms with Crippen molar-refractivity contribution in [3.8, 4) is 0 Å². The molecule has 1 aromatic rings. The summed E-state index contributed by atoms with van der Waals surface area (Å²) in [6, 6.07) is 8.24. The van der Waals surface area contributed by atoms with E-state index in [1.165, 1.54) is 5.01 Å². The molecule has 25 heavy (non-hydrogen) atoms. The molecule has 1 aliphatic heterocycles. The van der Waals surface area contributed by atoms with Gasteiger partial charge in [0, 0.05) is 19.5 Å². The van der Waals surface area contributed by atoms with E-state index in [2.05, 4.69) is 10.0 Å². The summed E-state index contributed by atoms with van der Waals surface area (Å²) >= 11 is 0. The highest BCUT2D eigenvalue weighted by atomic mass is 16.4. The van der Waals surface area contributed by atoms with Crippen LogP contribution in [0.4, 0.5) is 5.69 Å². The van der Waals surface area contributed by atoms with Gasteiger partial charge in [-0.05, 0) is 46.1 Å². The fourth-order valence-electron chi connectivity index (χ4n) is 2.81. The maximum atomic E-state index is 12.8. The van der Waals surface area contributed by atoms with Gasteiger partial charge >= 0.3 is 5.97 Å². The maximum Gasteiger partial charge on any atom is 0.328 e. The zero-order valence-electron chi connectivity index (χ0n) is 15.1. The lowest BCUT2D eigenvalue weighted by Crippen LogP contribution is -2.38. The van der Waals surface area contributed by atoms with Crippen LogP contribution in [0.2, 0.25) is 0 Å². The minimum Gasteiger partial charge on any atom is -0.480 e. The number of anilines is 1. The van der Waals surface area contributed by atoms with E-state index in [0.29, 0.717) is 24.5 Å². The molecule has 0 saturated heterocycles. The van der Waals surface area contributed by atoms with Gasteiger partial charge in [-0.15, -0.1) is 0 Å². The van der Waals surface area contributed by atoms with Crippen LogP contribution in [0.15, 0.2) is 35.4 Å². The molecule has 1 atom stereocenters. The van der Waals surface area contributed by atoms with E-state index in [4.69, 9.17) is 0 Å². The summed E-state index contributed by atoms with van der Waals surface area (Å²) in [6.07, 6.45) is 0.984. The Morgan fingerprint density at radius 3 is 2.48 bits per heavy atom. The Morgan fingerprint density at radius 1 is 1.24 bits per heavy atom. The van der Waals surface area contributed by atoms with Crippen LogP contribution in [0.5, 0.6) is 0 Å². The van der Waals surface area contributed by atoms with Crippen LogP contribution in [0.1, 0.15) is 19.8 Å². The van der Waals surface area contributed by atoms with Crippen LogP contribution < -0.4 is 5.01 Å². The number of carbonyl (C=O) groups is 2. The number of aliphatic carboxylic acids is 1. The van der Waals surface area contributed by atoms with E-state index in [1.807, 2.05) is 39.2 Å². The van der Waals surface area contributed by atoms with Crippen LogP contribution in [-0.4, -0.2) is 72.3 Å². The van der Waals surface area contributed by atoms with Crippen LogP contribution >= 0.6 is 0 Å². The Balaban J connectivity index is 2.14. The van der Waals surface area contributed by atoms with Crippen molar-refractivity contribution in [1.29, 1.82) is 0 Å². The number of carboxylic acids is 1. The smallest absolute Gasteiger partial charge is 0.328 e. The fourth-order valence-corrected chi connectivity index (χ4v) is 2.81. The van der Waals surface area contributed by atoms with Gasteiger partial charge in [-0.25, -0.2) is 4.79 Å². The topological polar surface area (TPSA) is 76.5 Å². The standard InChI is InChI=1S/C18H26N4O3/c1-4-21(12-8-11-20(2)3)17(23)15-13-16(18(24)25)22(19-15)14-9-6-5-7-10-14/h5-7,9-10,16H,4,8,11-13H2,1-3H3,(H,24,25). The second-order valence-electron chi connectivity index (χ2n) is 6.33. The lowest BCUT2D eigenvalue weighted by Gasteiger charge is -2.21. The molecule has 0 bridgehead atoms. The number of amides is 1. The second kappa shape index (κ2) is 8.62. The predicted molar refractivity (Wildman–Crippen MR) is 97.8 cm³/mol. The third-order valence-electron chi connectivity index (χ3n) is 4.17. The van der Waals surface area contributed by atoms with Crippen molar-refractivity contribution in [2.24, 2.45) is 5.10 Å². The highest BCUT2D eigenvalue weighted by molar-refractivity contribution is 6.40. The molecule has 0 saturated carbocycles. The van der Waals surface area contributed by atoms with Gasteiger partial charge in [0.15, 0.2) is 6.04 Å². The van der Waals surface area contributed by atoms with Gasteiger partial charge in [-0.2, -0.15) is 5.10 Å². The molecule has 136 valence electrons. The molecule has 1 aliphatic rings. The van der Waals surface area contributed by atoms with Crippen molar-refractivity contribution in [3.05, 3.63) is 30.3 Å². The summed E-state index contributed by atoms with van der Waals surface area (Å²) in [7, 11) is 3.99. The number of hydrazone groups is 1. The highest BCUT2D eigenvalue weighted by Gasteiger charge is 2.37. The molecular weight excluding hydrogens is 320 g/mol.